The Morgan fingerprint density at radius 3 is 1.57 bits per heavy atom. The largest absolute Gasteiger partial charge is 0.398 e. The Bertz CT molecular complexity index is 3090. The normalized spacial score (nSPS) is 14.6. The van der Waals surface area contributed by atoms with E-state index in [-0.39, 0.29) is 22.2 Å². The zero-order chi connectivity index (χ0) is 58.2. The van der Waals surface area contributed by atoms with E-state index in [1.807, 2.05) is 0 Å². The molecule has 5 aromatic carbocycles. The summed E-state index contributed by atoms with van der Waals surface area (Å²) in [7, 11) is 0. The molecule has 1 heterocycles. The van der Waals surface area contributed by atoms with E-state index in [0.717, 1.165) is 95.3 Å². The molecule has 0 spiro atoms. The smallest absolute Gasteiger partial charge is 0.0994 e. The summed E-state index contributed by atoms with van der Waals surface area (Å²) in [6.45, 7) is 30.5. The second kappa shape index (κ2) is 29.4. The number of rotatable bonds is 29. The van der Waals surface area contributed by atoms with E-state index in [0.29, 0.717) is 0 Å². The lowest BCUT2D eigenvalue weighted by atomic mass is 9.69. The number of nitrogens with zero attached hydrogens (tertiary/aromatic N) is 2. The molecule has 432 valence electrons. The maximum atomic E-state index is 7.63. The van der Waals surface area contributed by atoms with E-state index >= 15 is 0 Å². The van der Waals surface area contributed by atoms with Gasteiger partial charge in [-0.05, 0) is 131 Å². The van der Waals surface area contributed by atoms with Crippen LogP contribution in [0.2, 0.25) is 0 Å². The van der Waals surface area contributed by atoms with Crippen molar-refractivity contribution in [1.29, 1.82) is 0 Å². The monoisotopic (exact) mass is 1080 g/mol. The van der Waals surface area contributed by atoms with Crippen LogP contribution < -0.4 is 5.73 Å². The van der Waals surface area contributed by atoms with E-state index in [9.17, 15) is 0 Å². The van der Waals surface area contributed by atoms with Crippen LogP contribution in [-0.4, -0.2) is 9.97 Å². The molecule has 7 rings (SSSR count). The van der Waals surface area contributed by atoms with Crippen molar-refractivity contribution in [1.82, 2.24) is 9.97 Å². The average Bonchev–Trinajstić information content (AvgIpc) is 3.76. The first-order chi connectivity index (χ1) is 39.0. The second-order valence-electron chi connectivity index (χ2n) is 26.3. The summed E-state index contributed by atoms with van der Waals surface area (Å²) in [4.78, 5) is 11.6. The first-order valence-electron chi connectivity index (χ1n) is 32.3. The first-order valence-corrected chi connectivity index (χ1v) is 32.3. The van der Waals surface area contributed by atoms with Crippen LogP contribution in [0.3, 0.4) is 0 Å². The zero-order valence-corrected chi connectivity index (χ0v) is 53.0. The van der Waals surface area contributed by atoms with Crippen molar-refractivity contribution in [2.45, 2.75) is 236 Å². The highest BCUT2D eigenvalue weighted by molar-refractivity contribution is 5.99. The van der Waals surface area contributed by atoms with Gasteiger partial charge in [0.15, 0.2) is 0 Å². The van der Waals surface area contributed by atoms with Crippen LogP contribution in [0.5, 0.6) is 0 Å². The molecule has 0 saturated heterocycles. The van der Waals surface area contributed by atoms with Crippen LogP contribution in [0.25, 0.3) is 62.0 Å². The fraction of sp³-hybridized carbons (Fsp3) is 0.487. The van der Waals surface area contributed by atoms with Gasteiger partial charge in [-0.15, -0.1) is 0 Å². The van der Waals surface area contributed by atoms with Crippen molar-refractivity contribution in [2.24, 2.45) is 17.1 Å². The Hall–Kier alpha value is -5.80. The Morgan fingerprint density at radius 1 is 0.543 bits per heavy atom. The lowest BCUT2D eigenvalue weighted by molar-refractivity contribution is 0.397. The fourth-order valence-electron chi connectivity index (χ4n) is 12.5. The zero-order valence-electron chi connectivity index (χ0n) is 53.0. The van der Waals surface area contributed by atoms with Crippen LogP contribution in [0.15, 0.2) is 138 Å². The Kier molecular flexibility index (Phi) is 22.8. The van der Waals surface area contributed by atoms with Crippen molar-refractivity contribution in [2.75, 3.05) is 0 Å². The number of allylic oxidation sites excluding steroid dienone is 6. The van der Waals surface area contributed by atoms with Gasteiger partial charge in [0.05, 0.1) is 22.4 Å². The van der Waals surface area contributed by atoms with Gasteiger partial charge in [0, 0.05) is 33.4 Å². The lowest BCUT2D eigenvalue weighted by Gasteiger charge is -2.34. The average molecular weight is 1080 g/mol. The minimum atomic E-state index is -0.0152. The Morgan fingerprint density at radius 2 is 1.04 bits per heavy atom. The van der Waals surface area contributed by atoms with Gasteiger partial charge in [-0.3, -0.25) is 0 Å². The highest BCUT2D eigenvalue weighted by atomic mass is 14.8. The van der Waals surface area contributed by atoms with Gasteiger partial charge in [-0.2, -0.15) is 0 Å². The molecule has 1 aromatic heterocycles. The summed E-state index contributed by atoms with van der Waals surface area (Å²) in [6, 6.07) is 40.8. The van der Waals surface area contributed by atoms with Crippen molar-refractivity contribution in [3.05, 3.63) is 171 Å². The van der Waals surface area contributed by atoms with Gasteiger partial charge < -0.3 is 5.73 Å². The molecule has 3 heteroatoms. The third kappa shape index (κ3) is 15.7. The standard InChI is InChI=1S/C78H105N3/c1-14-19-23-25-27-35-49-78(50-36-28-26-24-20-15-2)69-52-59(43-45-64(69)65-46-44-63(55-70(65)78)77(11,12)13)51-58(37-21-16-3)53-71(79)67-48-47-66(68(56(6)18-5)54-62(38-22-17-4)57(7)76(8,9)10)74-75(67)81-73(61-41-33-30-34-42-61)72(80-74)60-39-31-29-32-40-60/h29-34,39-48,51-56H,14-28,35-38,49-50,79H2,1-13H3/b58-51+,62-57+,68-54+,71-53-. The number of benzene rings is 5. The minimum absolute atomic E-state index is 0.0152. The van der Waals surface area contributed by atoms with E-state index in [4.69, 9.17) is 15.7 Å². The Labute approximate surface area is 493 Å². The molecule has 1 aliphatic carbocycles. The predicted octanol–water partition coefficient (Wildman–Crippen LogP) is 23.6. The summed E-state index contributed by atoms with van der Waals surface area (Å²) < 4.78 is 0. The molecule has 1 atom stereocenters. The molecule has 1 unspecified atom stereocenters. The van der Waals surface area contributed by atoms with Crippen molar-refractivity contribution in [3.8, 4) is 33.6 Å². The summed E-state index contributed by atoms with van der Waals surface area (Å²) in [5.74, 6) is 0.284. The van der Waals surface area contributed by atoms with E-state index in [1.54, 1.807) is 11.1 Å². The van der Waals surface area contributed by atoms with Crippen LogP contribution >= 0.6 is 0 Å². The summed E-state index contributed by atoms with van der Waals surface area (Å²) in [5, 5.41) is 0. The number of aromatic nitrogens is 2. The topological polar surface area (TPSA) is 51.8 Å². The predicted molar refractivity (Wildman–Crippen MR) is 357 cm³/mol. The maximum Gasteiger partial charge on any atom is 0.0994 e. The van der Waals surface area contributed by atoms with Crippen molar-refractivity contribution >= 4 is 28.4 Å². The van der Waals surface area contributed by atoms with Crippen LogP contribution in [0.1, 0.15) is 258 Å². The summed E-state index contributed by atoms with van der Waals surface area (Å²) in [5.41, 5.74) is 30.2. The number of fused-ring (bicyclic) bond motifs is 4. The van der Waals surface area contributed by atoms with Gasteiger partial charge in [-0.1, -0.05) is 294 Å². The third-order valence-corrected chi connectivity index (χ3v) is 18.1. The number of unbranched alkanes of at least 4 members (excludes halogenated alkanes) is 12. The van der Waals surface area contributed by atoms with E-state index in [1.165, 1.54) is 134 Å². The highest BCUT2D eigenvalue weighted by Gasteiger charge is 2.43. The molecular weight excluding hydrogens is 979 g/mol. The van der Waals surface area contributed by atoms with Crippen LogP contribution in [0, 0.1) is 11.3 Å². The molecule has 0 radical (unpaired) electrons. The molecule has 6 aromatic rings. The maximum absolute atomic E-state index is 7.63. The molecule has 0 saturated carbocycles. The lowest BCUT2D eigenvalue weighted by Crippen LogP contribution is -2.26. The number of nitrogens with two attached hydrogens (primary N) is 1. The quantitative estimate of drug-likeness (QED) is 0.0376. The molecule has 0 aliphatic heterocycles. The molecular formula is C78H105N3. The third-order valence-electron chi connectivity index (χ3n) is 18.1. The van der Waals surface area contributed by atoms with Gasteiger partial charge in [0.1, 0.15) is 0 Å². The highest BCUT2D eigenvalue weighted by Crippen LogP contribution is 2.55. The van der Waals surface area contributed by atoms with Crippen molar-refractivity contribution < 1.29 is 0 Å². The summed E-state index contributed by atoms with van der Waals surface area (Å²) >= 11 is 0. The van der Waals surface area contributed by atoms with Gasteiger partial charge in [0.2, 0.25) is 0 Å². The molecule has 2 N–H and O–H groups in total. The molecule has 0 fully saturated rings. The van der Waals surface area contributed by atoms with Crippen LogP contribution in [0.4, 0.5) is 0 Å². The molecule has 3 nitrogen and oxygen atoms in total. The molecule has 0 bridgehead atoms. The SMILES string of the molecule is CCCCCCCCC1(CCCCCCCC)c2cc(/C=C(/C=C(\N)c3ccc(/C(=C/C(CCCC)=C(\C)C(C)(C)C)C(C)CC)c4nc(-c5ccccc5)c(-c5ccccc5)nc34)CCCC)ccc2-c2ccc(C(C)(C)C)cc21. The van der Waals surface area contributed by atoms with Crippen molar-refractivity contribution in [3.63, 3.8) is 0 Å². The van der Waals surface area contributed by atoms with Gasteiger partial charge in [0.25, 0.3) is 0 Å². The van der Waals surface area contributed by atoms with Gasteiger partial charge in [-0.25, -0.2) is 9.97 Å². The number of hydrogen-bond acceptors (Lipinski definition) is 3. The minimum Gasteiger partial charge on any atom is -0.398 e. The molecule has 81 heavy (non-hydrogen) atoms. The van der Waals surface area contributed by atoms with E-state index in [2.05, 4.69) is 217 Å². The van der Waals surface area contributed by atoms with E-state index < -0.39 is 0 Å². The Balaban J connectivity index is 1.44. The second-order valence-corrected chi connectivity index (χ2v) is 26.3. The first kappa shape index (κ1) is 62.8. The van der Waals surface area contributed by atoms with Crippen LogP contribution in [-0.2, 0) is 10.8 Å². The summed E-state index contributed by atoms with van der Waals surface area (Å²) in [6.07, 6.45) is 32.8. The van der Waals surface area contributed by atoms with Gasteiger partial charge >= 0.3 is 0 Å². The molecule has 0 amide bonds. The fourth-order valence-corrected chi connectivity index (χ4v) is 12.5. The number of hydrogen-bond donors (Lipinski definition) is 1. The molecule has 1 aliphatic rings.